The number of piperazine rings is 1. The molecule has 4 rings (SSSR count). The SMILES string of the molecule is COc1cc(NC(=O)N2CCN(c3ccc(Nc4ccccn4)nn3)CC2)cc(OC)c1. The number of hydrogen-bond acceptors (Lipinski definition) is 8. The van der Waals surface area contributed by atoms with E-state index in [2.05, 4.69) is 30.7 Å². The highest BCUT2D eigenvalue weighted by atomic mass is 16.5. The van der Waals surface area contributed by atoms with Crippen LogP contribution in [0.15, 0.2) is 54.7 Å². The fraction of sp³-hybridized carbons (Fsp3) is 0.273. The minimum absolute atomic E-state index is 0.166. The van der Waals surface area contributed by atoms with E-state index in [-0.39, 0.29) is 6.03 Å². The maximum atomic E-state index is 12.7. The Bertz CT molecular complexity index is 1020. The van der Waals surface area contributed by atoms with Gasteiger partial charge in [0.2, 0.25) is 0 Å². The number of hydrogen-bond donors (Lipinski definition) is 2. The van der Waals surface area contributed by atoms with Crippen LogP contribution >= 0.6 is 0 Å². The highest BCUT2D eigenvalue weighted by Crippen LogP contribution is 2.26. The molecular weight excluding hydrogens is 410 g/mol. The number of pyridine rings is 1. The van der Waals surface area contributed by atoms with Gasteiger partial charge in [-0.1, -0.05) is 6.07 Å². The zero-order chi connectivity index (χ0) is 22.3. The van der Waals surface area contributed by atoms with Crippen LogP contribution in [0.3, 0.4) is 0 Å². The number of carbonyl (C=O) groups excluding carboxylic acids is 1. The second-order valence-electron chi connectivity index (χ2n) is 7.12. The zero-order valence-electron chi connectivity index (χ0n) is 18.0. The number of methoxy groups -OCH3 is 2. The largest absolute Gasteiger partial charge is 0.497 e. The van der Waals surface area contributed by atoms with Gasteiger partial charge in [0.1, 0.15) is 17.3 Å². The van der Waals surface area contributed by atoms with Crippen molar-refractivity contribution in [2.45, 2.75) is 0 Å². The molecule has 0 aliphatic carbocycles. The number of urea groups is 1. The summed E-state index contributed by atoms with van der Waals surface area (Å²) >= 11 is 0. The van der Waals surface area contributed by atoms with Crippen molar-refractivity contribution in [3.63, 3.8) is 0 Å². The molecule has 10 heteroatoms. The fourth-order valence-corrected chi connectivity index (χ4v) is 3.35. The van der Waals surface area contributed by atoms with Gasteiger partial charge < -0.3 is 29.9 Å². The van der Waals surface area contributed by atoms with E-state index in [9.17, 15) is 4.79 Å². The van der Waals surface area contributed by atoms with Crippen LogP contribution in [0.25, 0.3) is 0 Å². The van der Waals surface area contributed by atoms with E-state index < -0.39 is 0 Å². The van der Waals surface area contributed by atoms with Crippen LogP contribution in [0.5, 0.6) is 11.5 Å². The Morgan fingerprint density at radius 2 is 1.66 bits per heavy atom. The lowest BCUT2D eigenvalue weighted by Gasteiger charge is -2.35. The summed E-state index contributed by atoms with van der Waals surface area (Å²) in [6.45, 7) is 2.47. The molecule has 1 fully saturated rings. The van der Waals surface area contributed by atoms with Crippen LogP contribution in [-0.4, -0.2) is 66.5 Å². The van der Waals surface area contributed by atoms with E-state index in [1.54, 1.807) is 43.5 Å². The van der Waals surface area contributed by atoms with Crippen molar-refractivity contribution in [3.8, 4) is 11.5 Å². The summed E-state index contributed by atoms with van der Waals surface area (Å²) < 4.78 is 10.5. The van der Waals surface area contributed by atoms with Crippen molar-refractivity contribution in [1.82, 2.24) is 20.1 Å². The molecule has 1 aromatic carbocycles. The Labute approximate surface area is 186 Å². The highest BCUT2D eigenvalue weighted by Gasteiger charge is 2.22. The number of amides is 2. The first kappa shape index (κ1) is 21.2. The van der Waals surface area contributed by atoms with Crippen molar-refractivity contribution >= 4 is 29.2 Å². The molecule has 0 unspecified atom stereocenters. The molecule has 10 nitrogen and oxygen atoms in total. The first-order chi connectivity index (χ1) is 15.6. The summed E-state index contributed by atoms with van der Waals surface area (Å²) in [4.78, 5) is 20.8. The van der Waals surface area contributed by atoms with Crippen molar-refractivity contribution in [2.75, 3.05) is 55.9 Å². The Hall–Kier alpha value is -4.08. The van der Waals surface area contributed by atoms with E-state index in [0.717, 1.165) is 5.82 Å². The molecule has 0 bridgehead atoms. The minimum Gasteiger partial charge on any atom is -0.497 e. The van der Waals surface area contributed by atoms with E-state index >= 15 is 0 Å². The normalized spacial score (nSPS) is 13.4. The quantitative estimate of drug-likeness (QED) is 0.609. The molecule has 32 heavy (non-hydrogen) atoms. The lowest BCUT2D eigenvalue weighted by molar-refractivity contribution is 0.208. The summed E-state index contributed by atoms with van der Waals surface area (Å²) in [6.07, 6.45) is 1.71. The Kier molecular flexibility index (Phi) is 6.49. The lowest BCUT2D eigenvalue weighted by Crippen LogP contribution is -2.50. The number of ether oxygens (including phenoxy) is 2. The summed E-state index contributed by atoms with van der Waals surface area (Å²) in [5.74, 6) is 3.34. The topological polar surface area (TPSA) is 105 Å². The summed E-state index contributed by atoms with van der Waals surface area (Å²) in [7, 11) is 3.15. The fourth-order valence-electron chi connectivity index (χ4n) is 3.35. The molecule has 3 aromatic rings. The predicted molar refractivity (Wildman–Crippen MR) is 122 cm³/mol. The average Bonchev–Trinajstić information content (AvgIpc) is 2.85. The van der Waals surface area contributed by atoms with Crippen molar-refractivity contribution < 1.29 is 14.3 Å². The molecule has 0 atom stereocenters. The molecule has 2 N–H and O–H groups in total. The lowest BCUT2D eigenvalue weighted by atomic mass is 10.2. The van der Waals surface area contributed by atoms with Gasteiger partial charge >= 0.3 is 6.03 Å². The Morgan fingerprint density at radius 3 is 2.25 bits per heavy atom. The zero-order valence-corrected chi connectivity index (χ0v) is 18.0. The molecule has 1 aliphatic heterocycles. The average molecular weight is 435 g/mol. The van der Waals surface area contributed by atoms with E-state index in [1.165, 1.54) is 0 Å². The number of carbonyl (C=O) groups is 1. The second kappa shape index (κ2) is 9.82. The van der Waals surface area contributed by atoms with Crippen LogP contribution in [0.1, 0.15) is 0 Å². The van der Waals surface area contributed by atoms with E-state index in [1.807, 2.05) is 30.3 Å². The summed E-state index contributed by atoms with van der Waals surface area (Å²) in [5.41, 5.74) is 0.621. The third-order valence-electron chi connectivity index (χ3n) is 5.07. The monoisotopic (exact) mass is 435 g/mol. The molecule has 0 saturated carbocycles. The van der Waals surface area contributed by atoms with E-state index in [4.69, 9.17) is 9.47 Å². The van der Waals surface area contributed by atoms with Gasteiger partial charge in [-0.3, -0.25) is 0 Å². The molecule has 0 radical (unpaired) electrons. The van der Waals surface area contributed by atoms with Crippen LogP contribution in [0.2, 0.25) is 0 Å². The molecule has 2 amide bonds. The van der Waals surface area contributed by atoms with Gasteiger partial charge in [0.25, 0.3) is 0 Å². The van der Waals surface area contributed by atoms with Gasteiger partial charge in [-0.2, -0.15) is 0 Å². The van der Waals surface area contributed by atoms with Crippen molar-refractivity contribution in [2.24, 2.45) is 0 Å². The van der Waals surface area contributed by atoms with Gasteiger partial charge in [0.15, 0.2) is 11.6 Å². The first-order valence-corrected chi connectivity index (χ1v) is 10.2. The second-order valence-corrected chi connectivity index (χ2v) is 7.12. The van der Waals surface area contributed by atoms with Crippen molar-refractivity contribution in [3.05, 3.63) is 54.7 Å². The predicted octanol–water partition coefficient (Wildman–Crippen LogP) is 2.99. The third kappa shape index (κ3) is 5.15. The van der Waals surface area contributed by atoms with Crippen LogP contribution in [-0.2, 0) is 0 Å². The Morgan fingerprint density at radius 1 is 0.906 bits per heavy atom. The number of nitrogens with zero attached hydrogens (tertiary/aromatic N) is 5. The molecule has 3 heterocycles. The summed E-state index contributed by atoms with van der Waals surface area (Å²) in [6, 6.07) is 14.5. The number of rotatable bonds is 6. The first-order valence-electron chi connectivity index (χ1n) is 10.2. The highest BCUT2D eigenvalue weighted by molar-refractivity contribution is 5.90. The molecule has 1 saturated heterocycles. The number of benzene rings is 1. The standard InChI is InChI=1S/C22H25N7O3/c1-31-17-13-16(14-18(15-17)32-2)24-22(30)29-11-9-28(10-12-29)21-7-6-20(26-27-21)25-19-5-3-4-8-23-19/h3-8,13-15H,9-12H2,1-2H3,(H,24,30)(H,23,25,26). The maximum absolute atomic E-state index is 12.7. The van der Waals surface area contributed by atoms with Gasteiger partial charge in [-0.25, -0.2) is 9.78 Å². The molecule has 0 spiro atoms. The Balaban J connectivity index is 1.31. The van der Waals surface area contributed by atoms with Gasteiger partial charge in [0, 0.05) is 56.3 Å². The number of nitrogens with one attached hydrogen (secondary N) is 2. The van der Waals surface area contributed by atoms with E-state index in [0.29, 0.717) is 55.0 Å². The van der Waals surface area contributed by atoms with Crippen LogP contribution < -0.4 is 25.0 Å². The van der Waals surface area contributed by atoms with Crippen LogP contribution in [0, 0.1) is 0 Å². The smallest absolute Gasteiger partial charge is 0.321 e. The molecule has 2 aromatic heterocycles. The molecule has 166 valence electrons. The molecule has 1 aliphatic rings. The van der Waals surface area contributed by atoms with Gasteiger partial charge in [-0.05, 0) is 24.3 Å². The number of anilines is 4. The summed E-state index contributed by atoms with van der Waals surface area (Å²) in [5, 5.41) is 14.6. The minimum atomic E-state index is -0.166. The van der Waals surface area contributed by atoms with Crippen molar-refractivity contribution in [1.29, 1.82) is 0 Å². The van der Waals surface area contributed by atoms with Gasteiger partial charge in [-0.15, -0.1) is 10.2 Å². The third-order valence-corrected chi connectivity index (χ3v) is 5.07. The molecular formula is C22H25N7O3. The maximum Gasteiger partial charge on any atom is 0.321 e. The van der Waals surface area contributed by atoms with Crippen LogP contribution in [0.4, 0.5) is 27.9 Å². The van der Waals surface area contributed by atoms with Gasteiger partial charge in [0.05, 0.1) is 14.2 Å². The number of aromatic nitrogens is 3.